The van der Waals surface area contributed by atoms with Gasteiger partial charge in [0.15, 0.2) is 0 Å². The first-order chi connectivity index (χ1) is 14.7. The second-order valence-corrected chi connectivity index (χ2v) is 8.71. The van der Waals surface area contributed by atoms with Crippen LogP contribution in [0.1, 0.15) is 29.2 Å². The van der Waals surface area contributed by atoms with Crippen molar-refractivity contribution in [3.05, 3.63) is 88.1 Å². The molecule has 5 heteroatoms. The minimum Gasteiger partial charge on any atom is -0.330 e. The van der Waals surface area contributed by atoms with Crippen molar-refractivity contribution in [2.45, 2.75) is 31.8 Å². The summed E-state index contributed by atoms with van der Waals surface area (Å²) in [4.78, 5) is 19.6. The molecule has 2 bridgehead atoms. The van der Waals surface area contributed by atoms with E-state index in [1.165, 1.54) is 23.2 Å². The number of pyridine rings is 2. The molecule has 5 rings (SSSR count). The molecular weight excluding hydrogens is 372 g/mol. The second kappa shape index (κ2) is 8.17. The van der Waals surface area contributed by atoms with Gasteiger partial charge in [0, 0.05) is 61.8 Å². The van der Waals surface area contributed by atoms with E-state index in [0.29, 0.717) is 18.4 Å². The quantitative estimate of drug-likeness (QED) is 0.715. The van der Waals surface area contributed by atoms with Crippen molar-refractivity contribution in [2.75, 3.05) is 19.6 Å². The van der Waals surface area contributed by atoms with Crippen LogP contribution in [0.4, 0.5) is 0 Å². The highest BCUT2D eigenvalue weighted by molar-refractivity contribution is 5.62. The van der Waals surface area contributed by atoms with Gasteiger partial charge in [-0.3, -0.25) is 14.7 Å². The molecule has 30 heavy (non-hydrogen) atoms. The van der Waals surface area contributed by atoms with Gasteiger partial charge < -0.3 is 10.3 Å². The summed E-state index contributed by atoms with van der Waals surface area (Å²) >= 11 is 0. The number of likely N-dealkylation sites (tertiary alicyclic amines) is 1. The van der Waals surface area contributed by atoms with Gasteiger partial charge in [-0.1, -0.05) is 30.3 Å². The van der Waals surface area contributed by atoms with Gasteiger partial charge in [0.2, 0.25) is 0 Å². The number of nitrogens with two attached hydrogens (primary N) is 1. The number of benzene rings is 1. The molecule has 154 valence electrons. The molecule has 1 aromatic carbocycles. The van der Waals surface area contributed by atoms with E-state index in [2.05, 4.69) is 40.2 Å². The van der Waals surface area contributed by atoms with Gasteiger partial charge in [0.25, 0.3) is 5.56 Å². The average Bonchev–Trinajstić information content (AvgIpc) is 2.76. The molecule has 2 aliphatic heterocycles. The second-order valence-electron chi connectivity index (χ2n) is 8.71. The van der Waals surface area contributed by atoms with Crippen molar-refractivity contribution < 1.29 is 0 Å². The molecular formula is C25H28N4O. The van der Waals surface area contributed by atoms with Crippen molar-refractivity contribution in [3.8, 4) is 11.1 Å². The third-order valence-electron chi connectivity index (χ3n) is 6.49. The van der Waals surface area contributed by atoms with Crippen molar-refractivity contribution in [1.29, 1.82) is 0 Å². The molecule has 4 heterocycles. The van der Waals surface area contributed by atoms with E-state index < -0.39 is 0 Å². The Labute approximate surface area is 177 Å². The van der Waals surface area contributed by atoms with Crippen LogP contribution in [0.25, 0.3) is 11.1 Å². The lowest BCUT2D eigenvalue weighted by Crippen LogP contribution is -2.46. The van der Waals surface area contributed by atoms with Crippen LogP contribution in [-0.4, -0.2) is 34.1 Å². The third kappa shape index (κ3) is 3.83. The zero-order valence-electron chi connectivity index (χ0n) is 17.2. The predicted molar refractivity (Wildman–Crippen MR) is 119 cm³/mol. The van der Waals surface area contributed by atoms with Gasteiger partial charge in [-0.25, -0.2) is 0 Å². The van der Waals surface area contributed by atoms with Gasteiger partial charge in [-0.05, 0) is 54.1 Å². The van der Waals surface area contributed by atoms with Gasteiger partial charge in [-0.15, -0.1) is 0 Å². The smallest absolute Gasteiger partial charge is 0.251 e. The summed E-state index contributed by atoms with van der Waals surface area (Å²) in [6.45, 7) is 4.52. The Bertz CT molecular complexity index is 1070. The summed E-state index contributed by atoms with van der Waals surface area (Å²) in [5, 5.41) is 0. The number of rotatable bonds is 5. The molecule has 0 amide bonds. The SMILES string of the molecule is NCCc1ccc(CN2C[C@@H]3C[C@H](C2)c2cc(-c4cccnc4)cc(=O)n2C3)cc1. The summed E-state index contributed by atoms with van der Waals surface area (Å²) < 4.78 is 2.01. The average molecular weight is 401 g/mol. The van der Waals surface area contributed by atoms with Crippen LogP contribution in [0, 0.1) is 5.92 Å². The fraction of sp³-hybridized carbons (Fsp3) is 0.360. The van der Waals surface area contributed by atoms with Crippen LogP contribution >= 0.6 is 0 Å². The fourth-order valence-corrected chi connectivity index (χ4v) is 5.12. The van der Waals surface area contributed by atoms with Crippen LogP contribution in [0.15, 0.2) is 65.7 Å². The Morgan fingerprint density at radius 3 is 2.60 bits per heavy atom. The molecule has 2 N–H and O–H groups in total. The lowest BCUT2D eigenvalue weighted by molar-refractivity contribution is 0.114. The zero-order chi connectivity index (χ0) is 20.5. The van der Waals surface area contributed by atoms with E-state index in [9.17, 15) is 4.79 Å². The molecule has 0 unspecified atom stereocenters. The largest absolute Gasteiger partial charge is 0.330 e. The van der Waals surface area contributed by atoms with Crippen LogP contribution in [-0.2, 0) is 19.5 Å². The van der Waals surface area contributed by atoms with E-state index in [0.717, 1.165) is 43.7 Å². The highest BCUT2D eigenvalue weighted by atomic mass is 16.1. The summed E-state index contributed by atoms with van der Waals surface area (Å²) in [5.74, 6) is 0.938. The van der Waals surface area contributed by atoms with Crippen molar-refractivity contribution >= 4 is 0 Å². The molecule has 2 aromatic heterocycles. The number of aromatic nitrogens is 2. The molecule has 1 saturated heterocycles. The summed E-state index contributed by atoms with van der Waals surface area (Å²) in [6, 6.07) is 16.8. The standard InChI is InChI=1S/C25H28N4O/c26-8-7-18-3-5-19(6-4-18)14-28-15-20-10-23(17-28)24-11-22(12-25(30)29(24)16-20)21-2-1-9-27-13-21/h1-6,9,11-13,20,23H,7-8,10,14-17,26H2/t20-,23+/m0/s1. The molecule has 3 aromatic rings. The Balaban J connectivity index is 1.38. The number of hydrogen-bond acceptors (Lipinski definition) is 4. The number of piperidine rings is 1. The molecule has 0 aliphatic carbocycles. The Hall–Kier alpha value is -2.76. The maximum Gasteiger partial charge on any atom is 0.251 e. The normalized spacial score (nSPS) is 20.7. The van der Waals surface area contributed by atoms with Crippen LogP contribution in [0.5, 0.6) is 0 Å². The van der Waals surface area contributed by atoms with Crippen LogP contribution < -0.4 is 11.3 Å². The monoisotopic (exact) mass is 400 g/mol. The third-order valence-corrected chi connectivity index (χ3v) is 6.49. The topological polar surface area (TPSA) is 64.2 Å². The highest BCUT2D eigenvalue weighted by Crippen LogP contribution is 2.37. The van der Waals surface area contributed by atoms with Crippen LogP contribution in [0.2, 0.25) is 0 Å². The van der Waals surface area contributed by atoms with Gasteiger partial charge in [-0.2, -0.15) is 0 Å². The van der Waals surface area contributed by atoms with Crippen LogP contribution in [0.3, 0.4) is 0 Å². The van der Waals surface area contributed by atoms with Crippen molar-refractivity contribution in [2.24, 2.45) is 11.7 Å². The first kappa shape index (κ1) is 19.2. The van der Waals surface area contributed by atoms with E-state index >= 15 is 0 Å². The highest BCUT2D eigenvalue weighted by Gasteiger charge is 2.34. The Morgan fingerprint density at radius 1 is 1.00 bits per heavy atom. The predicted octanol–water partition coefficient (Wildman–Crippen LogP) is 3.03. The minimum atomic E-state index is 0.116. The van der Waals surface area contributed by atoms with Gasteiger partial charge in [0.1, 0.15) is 0 Å². The maximum atomic E-state index is 12.9. The fourth-order valence-electron chi connectivity index (χ4n) is 5.12. The minimum absolute atomic E-state index is 0.116. The van der Waals surface area contributed by atoms with Crippen molar-refractivity contribution in [1.82, 2.24) is 14.5 Å². The van der Waals surface area contributed by atoms with E-state index in [4.69, 9.17) is 5.73 Å². The lowest BCUT2D eigenvalue weighted by atomic mass is 9.82. The molecule has 5 nitrogen and oxygen atoms in total. The molecule has 0 spiro atoms. The summed E-state index contributed by atoms with van der Waals surface area (Å²) in [5.41, 5.74) is 11.6. The molecule has 1 fully saturated rings. The van der Waals surface area contributed by atoms with Crippen molar-refractivity contribution in [3.63, 3.8) is 0 Å². The number of nitrogens with zero attached hydrogens (tertiary/aromatic N) is 3. The molecule has 2 aliphatic rings. The summed E-state index contributed by atoms with van der Waals surface area (Å²) in [6.07, 6.45) is 5.70. The molecule has 0 radical (unpaired) electrons. The van der Waals surface area contributed by atoms with Gasteiger partial charge in [0.05, 0.1) is 0 Å². The van der Waals surface area contributed by atoms with E-state index in [-0.39, 0.29) is 5.56 Å². The Morgan fingerprint density at radius 2 is 1.83 bits per heavy atom. The first-order valence-electron chi connectivity index (χ1n) is 10.8. The van der Waals surface area contributed by atoms with Gasteiger partial charge >= 0.3 is 0 Å². The lowest BCUT2D eigenvalue weighted by Gasteiger charge is -2.43. The maximum absolute atomic E-state index is 12.9. The Kier molecular flexibility index (Phi) is 5.23. The molecule has 2 atom stereocenters. The number of hydrogen-bond donors (Lipinski definition) is 1. The zero-order valence-corrected chi connectivity index (χ0v) is 17.2. The van der Waals surface area contributed by atoms with E-state index in [1.807, 2.05) is 22.9 Å². The molecule has 0 saturated carbocycles. The first-order valence-corrected chi connectivity index (χ1v) is 10.8. The summed E-state index contributed by atoms with van der Waals surface area (Å²) in [7, 11) is 0. The number of fused-ring (bicyclic) bond motifs is 4. The van der Waals surface area contributed by atoms with E-state index in [1.54, 1.807) is 12.3 Å².